The molecule has 1 aromatic heterocycles. The van der Waals surface area contributed by atoms with Crippen LogP contribution >= 0.6 is 0 Å². The number of carbonyl (C=O) groups excluding carboxylic acids is 1. The summed E-state index contributed by atoms with van der Waals surface area (Å²) < 4.78 is 5.44. The van der Waals surface area contributed by atoms with Crippen LogP contribution in [0.5, 0.6) is 0 Å². The van der Waals surface area contributed by atoms with Gasteiger partial charge in [0, 0.05) is 5.69 Å². The third kappa shape index (κ3) is 3.98. The number of anilines is 2. The lowest BCUT2D eigenvalue weighted by Crippen LogP contribution is -2.19. The second-order valence-electron chi connectivity index (χ2n) is 5.54. The quantitative estimate of drug-likeness (QED) is 0.763. The minimum atomic E-state index is -0.423. The summed E-state index contributed by atoms with van der Waals surface area (Å²) in [6.07, 6.45) is 0.522. The molecule has 2 aromatic carbocycles. The van der Waals surface area contributed by atoms with Crippen LogP contribution in [0.2, 0.25) is 0 Å². The van der Waals surface area contributed by atoms with Crippen LogP contribution in [0.1, 0.15) is 22.6 Å². The fourth-order valence-electron chi connectivity index (χ4n) is 2.22. The number of hydrogen-bond donors (Lipinski definition) is 2. The van der Waals surface area contributed by atoms with Gasteiger partial charge in [-0.25, -0.2) is 4.79 Å². The maximum absolute atomic E-state index is 12.0. The maximum atomic E-state index is 12.0. The number of rotatable bonds is 4. The van der Waals surface area contributed by atoms with Crippen molar-refractivity contribution in [1.82, 2.24) is 10.2 Å². The maximum Gasteiger partial charge on any atom is 0.327 e. The highest BCUT2D eigenvalue weighted by molar-refractivity contribution is 5.98. The van der Waals surface area contributed by atoms with E-state index in [1.54, 1.807) is 0 Å². The van der Waals surface area contributed by atoms with Gasteiger partial charge in [0.2, 0.25) is 5.89 Å². The fourth-order valence-corrected chi connectivity index (χ4v) is 2.22. The zero-order valence-corrected chi connectivity index (χ0v) is 13.5. The summed E-state index contributed by atoms with van der Waals surface area (Å²) in [7, 11) is 0. The second kappa shape index (κ2) is 6.95. The van der Waals surface area contributed by atoms with Crippen LogP contribution in [-0.2, 0) is 6.42 Å². The van der Waals surface area contributed by atoms with Crippen molar-refractivity contribution in [2.45, 2.75) is 20.3 Å². The van der Waals surface area contributed by atoms with Gasteiger partial charge < -0.3 is 9.73 Å². The number of carbonyl (C=O) groups is 1. The molecule has 0 saturated carbocycles. The zero-order valence-electron chi connectivity index (χ0n) is 13.5. The van der Waals surface area contributed by atoms with E-state index < -0.39 is 6.03 Å². The van der Waals surface area contributed by atoms with E-state index in [1.165, 1.54) is 5.56 Å². The minimum absolute atomic E-state index is 0.0715. The van der Waals surface area contributed by atoms with Gasteiger partial charge in [-0.05, 0) is 42.7 Å². The molecule has 0 radical (unpaired) electrons. The Morgan fingerprint density at radius 2 is 1.79 bits per heavy atom. The van der Waals surface area contributed by atoms with Crippen LogP contribution in [0.3, 0.4) is 0 Å². The van der Waals surface area contributed by atoms with Gasteiger partial charge in [0.1, 0.15) is 0 Å². The molecule has 6 nitrogen and oxygen atoms in total. The summed E-state index contributed by atoms with van der Waals surface area (Å²) >= 11 is 0. The molecule has 0 spiro atoms. The first kappa shape index (κ1) is 15.7. The average molecular weight is 322 g/mol. The monoisotopic (exact) mass is 322 g/mol. The van der Waals surface area contributed by atoms with E-state index in [0.29, 0.717) is 18.0 Å². The molecule has 0 saturated heterocycles. The number of aromatic nitrogens is 2. The molecule has 0 aliphatic rings. The second-order valence-corrected chi connectivity index (χ2v) is 5.54. The van der Waals surface area contributed by atoms with Gasteiger partial charge in [-0.3, -0.25) is 5.32 Å². The van der Waals surface area contributed by atoms with E-state index in [4.69, 9.17) is 4.42 Å². The Hall–Kier alpha value is -3.15. The summed E-state index contributed by atoms with van der Waals surface area (Å²) in [5.41, 5.74) is 4.05. The number of aryl methyl sites for hydroxylation is 2. The predicted octanol–water partition coefficient (Wildman–Crippen LogP) is 3.92. The SMILES string of the molecule is Cc1ccc(NC(=O)Nc2nnc(Cc3ccccc3)o2)cc1C. The highest BCUT2D eigenvalue weighted by atomic mass is 16.4. The van der Waals surface area contributed by atoms with E-state index in [-0.39, 0.29) is 6.01 Å². The molecule has 1 heterocycles. The molecule has 3 rings (SSSR count). The molecular weight excluding hydrogens is 304 g/mol. The summed E-state index contributed by atoms with van der Waals surface area (Å²) in [6, 6.07) is 15.1. The van der Waals surface area contributed by atoms with E-state index in [9.17, 15) is 4.79 Å². The first-order chi connectivity index (χ1) is 11.6. The van der Waals surface area contributed by atoms with Gasteiger partial charge in [0.05, 0.1) is 6.42 Å². The number of amides is 2. The highest BCUT2D eigenvalue weighted by Crippen LogP contribution is 2.15. The van der Waals surface area contributed by atoms with Crippen molar-refractivity contribution in [1.29, 1.82) is 0 Å². The van der Waals surface area contributed by atoms with Gasteiger partial charge >= 0.3 is 12.0 Å². The highest BCUT2D eigenvalue weighted by Gasteiger charge is 2.10. The van der Waals surface area contributed by atoms with Gasteiger partial charge in [-0.2, -0.15) is 0 Å². The van der Waals surface area contributed by atoms with Gasteiger partial charge in [0.15, 0.2) is 0 Å². The van der Waals surface area contributed by atoms with Gasteiger partial charge in [-0.1, -0.05) is 41.5 Å². The molecular formula is C18H18N4O2. The van der Waals surface area contributed by atoms with Crippen LogP contribution in [-0.4, -0.2) is 16.2 Å². The first-order valence-corrected chi connectivity index (χ1v) is 7.62. The average Bonchev–Trinajstić information content (AvgIpc) is 2.99. The third-order valence-electron chi connectivity index (χ3n) is 3.65. The Morgan fingerprint density at radius 1 is 1.00 bits per heavy atom. The number of nitrogens with zero attached hydrogens (tertiary/aromatic N) is 2. The summed E-state index contributed by atoms with van der Waals surface area (Å²) in [5, 5.41) is 13.1. The van der Waals surface area contributed by atoms with Crippen molar-refractivity contribution in [3.05, 3.63) is 71.1 Å². The Bertz CT molecular complexity index is 843. The molecule has 0 bridgehead atoms. The fraction of sp³-hybridized carbons (Fsp3) is 0.167. The van der Waals surface area contributed by atoms with Gasteiger partial charge in [0.25, 0.3) is 0 Å². The Kier molecular flexibility index (Phi) is 4.56. The van der Waals surface area contributed by atoms with Gasteiger partial charge in [-0.15, -0.1) is 5.10 Å². The Morgan fingerprint density at radius 3 is 2.54 bits per heavy atom. The molecule has 0 aliphatic carbocycles. The molecule has 0 fully saturated rings. The summed E-state index contributed by atoms with van der Waals surface area (Å²) in [6.45, 7) is 4.01. The minimum Gasteiger partial charge on any atom is -0.407 e. The van der Waals surface area contributed by atoms with Crippen LogP contribution < -0.4 is 10.6 Å². The summed E-state index contributed by atoms with van der Waals surface area (Å²) in [4.78, 5) is 12.0. The molecule has 122 valence electrons. The zero-order chi connectivity index (χ0) is 16.9. The topological polar surface area (TPSA) is 80.0 Å². The van der Waals surface area contributed by atoms with Crippen LogP contribution in [0.25, 0.3) is 0 Å². The Labute approximate surface area is 139 Å². The largest absolute Gasteiger partial charge is 0.407 e. The van der Waals surface area contributed by atoms with E-state index in [1.807, 2.05) is 62.4 Å². The van der Waals surface area contributed by atoms with Crippen LogP contribution in [0.15, 0.2) is 52.9 Å². The predicted molar refractivity (Wildman–Crippen MR) is 92.1 cm³/mol. The molecule has 0 unspecified atom stereocenters. The molecule has 2 amide bonds. The molecule has 3 aromatic rings. The summed E-state index contributed by atoms with van der Waals surface area (Å²) in [5.74, 6) is 0.447. The smallest absolute Gasteiger partial charge is 0.327 e. The Balaban J connectivity index is 1.59. The van der Waals surface area contributed by atoms with Crippen LogP contribution in [0.4, 0.5) is 16.5 Å². The van der Waals surface area contributed by atoms with Crippen molar-refractivity contribution < 1.29 is 9.21 Å². The third-order valence-corrected chi connectivity index (χ3v) is 3.65. The van der Waals surface area contributed by atoms with E-state index in [0.717, 1.165) is 11.1 Å². The standard InChI is InChI=1S/C18H18N4O2/c1-12-8-9-15(10-13(12)2)19-17(23)20-18-22-21-16(24-18)11-14-6-4-3-5-7-14/h3-10H,11H2,1-2H3,(H2,19,20,22,23). The van der Waals surface area contributed by atoms with Crippen molar-refractivity contribution in [3.8, 4) is 0 Å². The molecule has 24 heavy (non-hydrogen) atoms. The van der Waals surface area contributed by atoms with E-state index in [2.05, 4.69) is 20.8 Å². The number of benzene rings is 2. The van der Waals surface area contributed by atoms with E-state index >= 15 is 0 Å². The molecule has 0 aliphatic heterocycles. The molecule has 6 heteroatoms. The van der Waals surface area contributed by atoms with Crippen molar-refractivity contribution in [2.24, 2.45) is 0 Å². The normalized spacial score (nSPS) is 10.4. The molecule has 0 atom stereocenters. The lowest BCUT2D eigenvalue weighted by molar-refractivity contribution is 0.261. The van der Waals surface area contributed by atoms with Crippen LogP contribution in [0, 0.1) is 13.8 Å². The lowest BCUT2D eigenvalue weighted by Gasteiger charge is -2.07. The number of urea groups is 1. The number of nitrogens with one attached hydrogen (secondary N) is 2. The van der Waals surface area contributed by atoms with Crippen molar-refractivity contribution in [2.75, 3.05) is 10.6 Å². The first-order valence-electron chi connectivity index (χ1n) is 7.62. The van der Waals surface area contributed by atoms with Crippen molar-refractivity contribution in [3.63, 3.8) is 0 Å². The van der Waals surface area contributed by atoms with Crippen molar-refractivity contribution >= 4 is 17.7 Å². The lowest BCUT2D eigenvalue weighted by atomic mass is 10.1. The molecule has 2 N–H and O–H groups in total. The number of hydrogen-bond acceptors (Lipinski definition) is 4.